The first-order valence-electron chi connectivity index (χ1n) is 5.63. The second-order valence-corrected chi connectivity index (χ2v) is 5.43. The number of rotatable bonds is 1. The third-order valence-corrected chi connectivity index (χ3v) is 4.40. The van der Waals surface area contributed by atoms with E-state index in [4.69, 9.17) is 0 Å². The Bertz CT molecular complexity index is 503. The van der Waals surface area contributed by atoms with Crippen LogP contribution in [-0.2, 0) is 0 Å². The second-order valence-electron chi connectivity index (χ2n) is 4.12. The van der Waals surface area contributed by atoms with Crippen LogP contribution in [0.15, 0.2) is 24.4 Å². The molecule has 0 radical (unpaired) electrons. The lowest BCUT2D eigenvalue weighted by Crippen LogP contribution is -2.06. The van der Waals surface area contributed by atoms with Gasteiger partial charge in [-0.2, -0.15) is 11.8 Å². The molecule has 1 N–H and O–H groups in total. The number of aromatic hydroxyl groups is 1. The normalized spacial score (nSPS) is 21.4. The molecule has 3 nitrogen and oxygen atoms in total. The summed E-state index contributed by atoms with van der Waals surface area (Å²) in [6, 6.07) is 5.54. The lowest BCUT2D eigenvalue weighted by molar-refractivity contribution is 0.441. The van der Waals surface area contributed by atoms with Crippen LogP contribution in [0.4, 0.5) is 0 Å². The number of fused-ring (bicyclic) bond motifs is 1. The van der Waals surface area contributed by atoms with E-state index < -0.39 is 0 Å². The lowest BCUT2D eigenvalue weighted by atomic mass is 10.2. The SMILES string of the molecule is Oc1cccc2cnc(C3CCCCS3)n12. The molecule has 16 heavy (non-hydrogen) atoms. The fraction of sp³-hybridized carbons (Fsp3) is 0.417. The fourth-order valence-corrected chi connectivity index (χ4v) is 3.53. The van der Waals surface area contributed by atoms with Gasteiger partial charge in [0, 0.05) is 0 Å². The maximum absolute atomic E-state index is 9.89. The summed E-state index contributed by atoms with van der Waals surface area (Å²) in [5.74, 6) is 2.49. The van der Waals surface area contributed by atoms with Gasteiger partial charge in [0.05, 0.1) is 17.0 Å². The first-order valence-corrected chi connectivity index (χ1v) is 6.68. The van der Waals surface area contributed by atoms with Crippen molar-refractivity contribution in [2.24, 2.45) is 0 Å². The van der Waals surface area contributed by atoms with Crippen molar-refractivity contribution in [2.45, 2.75) is 24.5 Å². The summed E-state index contributed by atoms with van der Waals surface area (Å²) < 4.78 is 1.86. The van der Waals surface area contributed by atoms with E-state index in [1.165, 1.54) is 18.6 Å². The molecule has 0 saturated carbocycles. The molecule has 1 saturated heterocycles. The van der Waals surface area contributed by atoms with Crippen LogP contribution < -0.4 is 0 Å². The van der Waals surface area contributed by atoms with Crippen molar-refractivity contribution in [3.8, 4) is 5.88 Å². The zero-order valence-corrected chi connectivity index (χ0v) is 9.78. The number of nitrogens with zero attached hydrogens (tertiary/aromatic N) is 2. The highest BCUT2D eigenvalue weighted by Crippen LogP contribution is 2.38. The molecule has 2 aromatic heterocycles. The van der Waals surface area contributed by atoms with Crippen molar-refractivity contribution < 1.29 is 5.11 Å². The van der Waals surface area contributed by atoms with Crippen LogP contribution in [0.5, 0.6) is 5.88 Å². The molecular formula is C12H14N2OS. The summed E-state index contributed by atoms with van der Waals surface area (Å²) in [6.45, 7) is 0. The first-order chi connectivity index (χ1) is 7.86. The standard InChI is InChI=1S/C12H14N2OS/c15-11-6-3-4-9-8-13-12(14(9)11)10-5-1-2-7-16-10/h3-4,6,8,10,15H,1-2,5,7H2. The maximum atomic E-state index is 9.89. The van der Waals surface area contributed by atoms with Gasteiger partial charge in [-0.3, -0.25) is 4.40 Å². The van der Waals surface area contributed by atoms with Gasteiger partial charge in [0.2, 0.25) is 0 Å². The largest absolute Gasteiger partial charge is 0.494 e. The van der Waals surface area contributed by atoms with Gasteiger partial charge in [0.1, 0.15) is 5.82 Å². The molecule has 0 aromatic carbocycles. The Morgan fingerprint density at radius 2 is 2.31 bits per heavy atom. The van der Waals surface area contributed by atoms with Gasteiger partial charge in [-0.05, 0) is 30.7 Å². The Labute approximate surface area is 98.5 Å². The van der Waals surface area contributed by atoms with Crippen LogP contribution in [0.2, 0.25) is 0 Å². The van der Waals surface area contributed by atoms with E-state index >= 15 is 0 Å². The summed E-state index contributed by atoms with van der Waals surface area (Å²) in [5, 5.41) is 10.3. The Kier molecular flexibility index (Phi) is 2.52. The maximum Gasteiger partial charge on any atom is 0.197 e. The molecule has 0 bridgehead atoms. The zero-order chi connectivity index (χ0) is 11.0. The molecule has 3 heterocycles. The Balaban J connectivity index is 2.09. The molecule has 0 spiro atoms. The molecule has 3 rings (SSSR count). The molecule has 0 aliphatic carbocycles. The van der Waals surface area contributed by atoms with Gasteiger partial charge in [-0.25, -0.2) is 4.98 Å². The zero-order valence-electron chi connectivity index (χ0n) is 8.97. The molecule has 1 unspecified atom stereocenters. The number of hydrogen-bond acceptors (Lipinski definition) is 3. The molecule has 84 valence electrons. The Morgan fingerprint density at radius 1 is 1.38 bits per heavy atom. The van der Waals surface area contributed by atoms with Crippen LogP contribution in [0, 0.1) is 0 Å². The number of imidazole rings is 1. The average molecular weight is 234 g/mol. The van der Waals surface area contributed by atoms with E-state index in [0.29, 0.717) is 5.25 Å². The molecular weight excluding hydrogens is 220 g/mol. The monoisotopic (exact) mass is 234 g/mol. The van der Waals surface area contributed by atoms with E-state index in [9.17, 15) is 5.11 Å². The summed E-state index contributed by atoms with van der Waals surface area (Å²) in [7, 11) is 0. The molecule has 2 aromatic rings. The van der Waals surface area contributed by atoms with E-state index in [1.807, 2.05) is 34.5 Å². The van der Waals surface area contributed by atoms with E-state index in [2.05, 4.69) is 4.98 Å². The minimum atomic E-state index is 0.288. The Morgan fingerprint density at radius 3 is 3.12 bits per heavy atom. The fourth-order valence-electron chi connectivity index (χ4n) is 2.23. The summed E-state index contributed by atoms with van der Waals surface area (Å²) >= 11 is 1.95. The first kappa shape index (κ1) is 10.0. The van der Waals surface area contributed by atoms with Gasteiger partial charge in [0.15, 0.2) is 5.88 Å². The molecule has 1 fully saturated rings. The molecule has 0 amide bonds. The molecule has 1 aliphatic heterocycles. The number of thioether (sulfide) groups is 1. The van der Waals surface area contributed by atoms with Crippen molar-refractivity contribution in [1.29, 1.82) is 0 Å². The predicted octanol–water partition coefficient (Wildman–Crippen LogP) is 3.00. The van der Waals surface area contributed by atoms with Crippen LogP contribution in [0.1, 0.15) is 30.3 Å². The van der Waals surface area contributed by atoms with Crippen molar-refractivity contribution in [2.75, 3.05) is 5.75 Å². The summed E-state index contributed by atoms with van der Waals surface area (Å²) in [6.07, 6.45) is 5.57. The highest BCUT2D eigenvalue weighted by Gasteiger charge is 2.21. The van der Waals surface area contributed by atoms with Crippen molar-refractivity contribution in [1.82, 2.24) is 9.38 Å². The minimum absolute atomic E-state index is 0.288. The Hall–Kier alpha value is -1.16. The number of aromatic nitrogens is 2. The smallest absolute Gasteiger partial charge is 0.197 e. The highest BCUT2D eigenvalue weighted by molar-refractivity contribution is 7.99. The number of hydrogen-bond donors (Lipinski definition) is 1. The third kappa shape index (κ3) is 1.57. The van der Waals surface area contributed by atoms with Crippen LogP contribution >= 0.6 is 11.8 Å². The lowest BCUT2D eigenvalue weighted by Gasteiger charge is -2.20. The van der Waals surface area contributed by atoms with Crippen LogP contribution in [-0.4, -0.2) is 20.2 Å². The molecule has 1 atom stereocenters. The van der Waals surface area contributed by atoms with E-state index in [1.54, 1.807) is 6.07 Å². The van der Waals surface area contributed by atoms with Gasteiger partial charge in [-0.15, -0.1) is 0 Å². The number of pyridine rings is 1. The summed E-state index contributed by atoms with van der Waals surface area (Å²) in [5.41, 5.74) is 0.973. The quantitative estimate of drug-likeness (QED) is 0.824. The third-order valence-electron chi connectivity index (χ3n) is 3.03. The molecule has 1 aliphatic rings. The van der Waals surface area contributed by atoms with Gasteiger partial charge < -0.3 is 5.11 Å². The topological polar surface area (TPSA) is 37.5 Å². The second kappa shape index (κ2) is 4.01. The highest BCUT2D eigenvalue weighted by atomic mass is 32.2. The minimum Gasteiger partial charge on any atom is -0.494 e. The van der Waals surface area contributed by atoms with Crippen LogP contribution in [0.25, 0.3) is 5.52 Å². The van der Waals surface area contributed by atoms with Gasteiger partial charge in [0.25, 0.3) is 0 Å². The van der Waals surface area contributed by atoms with Crippen molar-refractivity contribution in [3.05, 3.63) is 30.2 Å². The van der Waals surface area contributed by atoms with Crippen molar-refractivity contribution in [3.63, 3.8) is 0 Å². The van der Waals surface area contributed by atoms with E-state index in [0.717, 1.165) is 17.8 Å². The van der Waals surface area contributed by atoms with Crippen molar-refractivity contribution >= 4 is 17.3 Å². The van der Waals surface area contributed by atoms with Gasteiger partial charge >= 0.3 is 0 Å². The van der Waals surface area contributed by atoms with E-state index in [-0.39, 0.29) is 5.88 Å². The summed E-state index contributed by atoms with van der Waals surface area (Å²) in [4.78, 5) is 4.46. The predicted molar refractivity (Wildman–Crippen MR) is 65.9 cm³/mol. The van der Waals surface area contributed by atoms with Gasteiger partial charge in [-0.1, -0.05) is 12.5 Å². The van der Waals surface area contributed by atoms with Crippen LogP contribution in [0.3, 0.4) is 0 Å². The average Bonchev–Trinajstić information content (AvgIpc) is 2.75. The molecule has 4 heteroatoms.